The smallest absolute Gasteiger partial charge is 0.258 e. The Morgan fingerprint density at radius 3 is 2.43 bits per heavy atom. The van der Waals surface area contributed by atoms with Crippen molar-refractivity contribution in [2.45, 2.75) is 34.9 Å². The van der Waals surface area contributed by atoms with Crippen molar-refractivity contribution in [2.75, 3.05) is 13.1 Å². The van der Waals surface area contributed by atoms with Crippen LogP contribution in [0.4, 0.5) is 5.69 Å². The quantitative estimate of drug-likeness (QED) is 0.536. The summed E-state index contributed by atoms with van der Waals surface area (Å²) >= 11 is 1.11. The molecule has 1 aliphatic rings. The molecule has 1 fully saturated rings. The van der Waals surface area contributed by atoms with Gasteiger partial charge in [0.15, 0.2) is 0 Å². The standard InChI is InChI=1S/C16H19N3O6S3/c1-12-4-5-14(19(20)21)11-15(12)28(24,25)18-8-6-13(7-9-18)17-27(22,23)16-3-2-10-26-16/h2-5,10-11,13,17H,6-9H2,1H3. The van der Waals surface area contributed by atoms with E-state index in [4.69, 9.17) is 0 Å². The molecule has 0 spiro atoms. The van der Waals surface area contributed by atoms with Crippen LogP contribution in [0.3, 0.4) is 0 Å². The molecule has 0 amide bonds. The Balaban J connectivity index is 1.72. The lowest BCUT2D eigenvalue weighted by Gasteiger charge is -2.31. The molecule has 0 aliphatic carbocycles. The summed E-state index contributed by atoms with van der Waals surface area (Å²) in [5.41, 5.74) is 0.133. The lowest BCUT2D eigenvalue weighted by atomic mass is 10.1. The number of nitrogens with zero attached hydrogens (tertiary/aromatic N) is 2. The number of sulfonamides is 2. The number of hydrogen-bond donors (Lipinski definition) is 1. The van der Waals surface area contributed by atoms with Gasteiger partial charge in [0.2, 0.25) is 20.0 Å². The van der Waals surface area contributed by atoms with Crippen LogP contribution in [0, 0.1) is 17.0 Å². The Morgan fingerprint density at radius 2 is 1.86 bits per heavy atom. The lowest BCUT2D eigenvalue weighted by Crippen LogP contribution is -2.46. The van der Waals surface area contributed by atoms with E-state index in [0.29, 0.717) is 18.4 Å². The van der Waals surface area contributed by atoms with Crippen molar-refractivity contribution in [1.82, 2.24) is 9.03 Å². The minimum Gasteiger partial charge on any atom is -0.258 e. The monoisotopic (exact) mass is 445 g/mol. The van der Waals surface area contributed by atoms with Gasteiger partial charge in [-0.05, 0) is 36.8 Å². The number of thiophene rings is 1. The van der Waals surface area contributed by atoms with Gasteiger partial charge in [-0.1, -0.05) is 12.1 Å². The van der Waals surface area contributed by atoms with Gasteiger partial charge in [0, 0.05) is 31.3 Å². The summed E-state index contributed by atoms with van der Waals surface area (Å²) in [6, 6.07) is 6.53. The second-order valence-corrected chi connectivity index (χ2v) is 11.2. The lowest BCUT2D eigenvalue weighted by molar-refractivity contribution is -0.385. The fourth-order valence-electron chi connectivity index (χ4n) is 3.03. The molecule has 9 nitrogen and oxygen atoms in total. The third-order valence-electron chi connectivity index (χ3n) is 4.54. The number of rotatable bonds is 6. The van der Waals surface area contributed by atoms with E-state index < -0.39 is 25.0 Å². The number of benzene rings is 1. The van der Waals surface area contributed by atoms with Crippen LogP contribution in [0.2, 0.25) is 0 Å². The molecular weight excluding hydrogens is 426 g/mol. The van der Waals surface area contributed by atoms with Gasteiger partial charge in [-0.3, -0.25) is 10.1 Å². The molecule has 12 heteroatoms. The Labute approximate surface area is 167 Å². The van der Waals surface area contributed by atoms with Crippen LogP contribution in [0.5, 0.6) is 0 Å². The van der Waals surface area contributed by atoms with Gasteiger partial charge in [0.25, 0.3) is 5.69 Å². The van der Waals surface area contributed by atoms with Gasteiger partial charge in [-0.25, -0.2) is 21.6 Å². The fourth-order valence-corrected chi connectivity index (χ4v) is 7.06. The zero-order valence-electron chi connectivity index (χ0n) is 14.9. The summed E-state index contributed by atoms with van der Waals surface area (Å²) in [5, 5.41) is 12.6. The molecule has 1 aromatic carbocycles. The van der Waals surface area contributed by atoms with Crippen molar-refractivity contribution in [1.29, 1.82) is 0 Å². The topological polar surface area (TPSA) is 127 Å². The van der Waals surface area contributed by atoms with E-state index in [9.17, 15) is 26.9 Å². The second kappa shape index (κ2) is 7.87. The first-order chi connectivity index (χ1) is 13.1. The third-order valence-corrected chi connectivity index (χ3v) is 9.49. The highest BCUT2D eigenvalue weighted by Gasteiger charge is 2.33. The molecule has 2 heterocycles. The zero-order chi connectivity index (χ0) is 20.5. The largest absolute Gasteiger partial charge is 0.270 e. The van der Waals surface area contributed by atoms with Gasteiger partial charge in [-0.2, -0.15) is 4.31 Å². The number of non-ortho nitro benzene ring substituents is 1. The Morgan fingerprint density at radius 1 is 1.18 bits per heavy atom. The SMILES string of the molecule is Cc1ccc([N+](=O)[O-])cc1S(=O)(=O)N1CCC(NS(=O)(=O)c2cccs2)CC1. The van der Waals surface area contributed by atoms with Gasteiger partial charge in [0.1, 0.15) is 4.21 Å². The summed E-state index contributed by atoms with van der Waals surface area (Å²) in [6.07, 6.45) is 0.635. The minimum absolute atomic E-state index is 0.0979. The molecular formula is C16H19N3O6S3. The molecule has 1 saturated heterocycles. The van der Waals surface area contributed by atoms with Gasteiger partial charge in [-0.15, -0.1) is 11.3 Å². The maximum Gasteiger partial charge on any atom is 0.270 e. The summed E-state index contributed by atoms with van der Waals surface area (Å²) in [7, 11) is -7.52. The number of nitro groups is 1. The first-order valence-electron chi connectivity index (χ1n) is 8.42. The zero-order valence-corrected chi connectivity index (χ0v) is 17.4. The summed E-state index contributed by atoms with van der Waals surface area (Å²) in [4.78, 5) is 10.2. The summed E-state index contributed by atoms with van der Waals surface area (Å²) in [6.45, 7) is 1.84. The van der Waals surface area contributed by atoms with Crippen molar-refractivity contribution in [3.05, 3.63) is 51.4 Å². The summed E-state index contributed by atoms with van der Waals surface area (Å²) < 4.78 is 54.6. The van der Waals surface area contributed by atoms with Crippen LogP contribution in [0.1, 0.15) is 18.4 Å². The van der Waals surface area contributed by atoms with Crippen LogP contribution in [0.25, 0.3) is 0 Å². The Hall–Kier alpha value is -1.86. The molecule has 1 aromatic heterocycles. The van der Waals surface area contributed by atoms with Crippen molar-refractivity contribution in [3.63, 3.8) is 0 Å². The van der Waals surface area contributed by atoms with E-state index in [-0.39, 0.29) is 33.9 Å². The maximum atomic E-state index is 12.9. The van der Waals surface area contributed by atoms with Gasteiger partial charge >= 0.3 is 0 Å². The highest BCUT2D eigenvalue weighted by molar-refractivity contribution is 7.91. The van der Waals surface area contributed by atoms with E-state index in [1.807, 2.05) is 0 Å². The summed E-state index contributed by atoms with van der Waals surface area (Å²) in [5.74, 6) is 0. The molecule has 0 radical (unpaired) electrons. The van der Waals surface area contributed by atoms with Crippen molar-refractivity contribution < 1.29 is 21.8 Å². The molecule has 0 unspecified atom stereocenters. The van der Waals surface area contributed by atoms with E-state index >= 15 is 0 Å². The van der Waals surface area contributed by atoms with Crippen LogP contribution in [0.15, 0.2) is 44.8 Å². The third kappa shape index (κ3) is 4.25. The molecule has 28 heavy (non-hydrogen) atoms. The van der Waals surface area contributed by atoms with Crippen molar-refractivity contribution in [3.8, 4) is 0 Å². The number of aryl methyl sites for hydroxylation is 1. The maximum absolute atomic E-state index is 12.9. The average Bonchev–Trinajstić information content (AvgIpc) is 3.17. The van der Waals surface area contributed by atoms with E-state index in [1.165, 1.54) is 22.5 Å². The fraction of sp³-hybridized carbons (Fsp3) is 0.375. The number of hydrogen-bond acceptors (Lipinski definition) is 7. The molecule has 1 aliphatic heterocycles. The van der Waals surface area contributed by atoms with Gasteiger partial charge < -0.3 is 0 Å². The number of nitro benzene ring substituents is 1. The van der Waals surface area contributed by atoms with E-state index in [0.717, 1.165) is 17.4 Å². The van der Waals surface area contributed by atoms with E-state index in [2.05, 4.69) is 4.72 Å². The van der Waals surface area contributed by atoms with Crippen LogP contribution in [-0.2, 0) is 20.0 Å². The first-order valence-corrected chi connectivity index (χ1v) is 12.2. The first kappa shape index (κ1) is 20.9. The Kier molecular flexibility index (Phi) is 5.87. The Bertz CT molecular complexity index is 1070. The molecule has 3 rings (SSSR count). The molecule has 152 valence electrons. The molecule has 2 aromatic rings. The molecule has 0 bridgehead atoms. The molecule has 0 saturated carbocycles. The number of nitrogens with one attached hydrogen (secondary N) is 1. The van der Waals surface area contributed by atoms with Crippen LogP contribution < -0.4 is 4.72 Å². The minimum atomic E-state index is -3.91. The van der Waals surface area contributed by atoms with Crippen LogP contribution in [-0.4, -0.2) is 45.2 Å². The molecule has 1 N–H and O–H groups in total. The van der Waals surface area contributed by atoms with Crippen molar-refractivity contribution in [2.24, 2.45) is 0 Å². The normalized spacial score (nSPS) is 16.9. The van der Waals surface area contributed by atoms with Gasteiger partial charge in [0.05, 0.1) is 9.82 Å². The predicted molar refractivity (Wildman–Crippen MR) is 104 cm³/mol. The van der Waals surface area contributed by atoms with E-state index in [1.54, 1.807) is 18.4 Å². The average molecular weight is 446 g/mol. The van der Waals surface area contributed by atoms with Crippen LogP contribution >= 0.6 is 11.3 Å². The highest BCUT2D eigenvalue weighted by Crippen LogP contribution is 2.27. The molecule has 0 atom stereocenters. The predicted octanol–water partition coefficient (Wildman–Crippen LogP) is 2.10. The second-order valence-electron chi connectivity index (χ2n) is 6.44. The highest BCUT2D eigenvalue weighted by atomic mass is 32.2. The number of piperidine rings is 1. The van der Waals surface area contributed by atoms with Crippen molar-refractivity contribution >= 4 is 37.1 Å².